The van der Waals surface area contributed by atoms with Crippen molar-refractivity contribution in [2.24, 2.45) is 0 Å². The second-order valence-corrected chi connectivity index (χ2v) is 4.21. The Balaban J connectivity index is 2.81. The first-order valence-electron chi connectivity index (χ1n) is 5.28. The van der Waals surface area contributed by atoms with E-state index >= 15 is 0 Å². The van der Waals surface area contributed by atoms with Crippen LogP contribution in [-0.4, -0.2) is 0 Å². The van der Waals surface area contributed by atoms with Crippen LogP contribution < -0.4 is 0 Å². The highest BCUT2D eigenvalue weighted by molar-refractivity contribution is 5.76. The molecule has 0 unspecified atom stereocenters. The molecule has 0 aromatic rings. The molecule has 0 aromatic carbocycles. The highest BCUT2D eigenvalue weighted by Gasteiger charge is 2.42. The van der Waals surface area contributed by atoms with Crippen molar-refractivity contribution in [2.45, 2.75) is 19.3 Å². The Morgan fingerprint density at radius 3 is 1.37 bits per heavy atom. The van der Waals surface area contributed by atoms with Crippen molar-refractivity contribution < 1.29 is 26.3 Å². The maximum atomic E-state index is 12.8. The van der Waals surface area contributed by atoms with Crippen LogP contribution in [0.5, 0.6) is 0 Å². The van der Waals surface area contributed by atoms with E-state index in [1.165, 1.54) is 12.1 Å². The number of aryl methyl sites for hydroxylation is 1. The molecule has 6 heteroatoms. The molecule has 0 radical (unpaired) electrons. The third-order valence-electron chi connectivity index (χ3n) is 2.80. The highest BCUT2D eigenvalue weighted by atomic mass is 19.4. The van der Waals surface area contributed by atoms with Crippen molar-refractivity contribution in [2.75, 3.05) is 0 Å². The average Bonchev–Trinajstić information content (AvgIpc) is 2.52. The fourth-order valence-electron chi connectivity index (χ4n) is 1.90. The maximum absolute atomic E-state index is 12.8. The third kappa shape index (κ3) is 2.52. The summed E-state index contributed by atoms with van der Waals surface area (Å²) in [6, 6.07) is 5.03. The zero-order valence-corrected chi connectivity index (χ0v) is 9.65. The monoisotopic (exact) mass is 278 g/mol. The summed E-state index contributed by atoms with van der Waals surface area (Å²) < 4.78 is 76.6. The summed E-state index contributed by atoms with van der Waals surface area (Å²) in [5.41, 5.74) is -2.81. The van der Waals surface area contributed by atoms with Crippen LogP contribution >= 0.6 is 0 Å². The van der Waals surface area contributed by atoms with E-state index in [1.54, 1.807) is 6.92 Å². The molecular weight excluding hydrogens is 270 g/mol. The van der Waals surface area contributed by atoms with Crippen molar-refractivity contribution in [3.05, 3.63) is 47.0 Å². The summed E-state index contributed by atoms with van der Waals surface area (Å²) in [5, 5.41) is 0. The van der Waals surface area contributed by atoms with Crippen molar-refractivity contribution in [3.63, 3.8) is 0 Å². The molecule has 0 fully saturated rings. The van der Waals surface area contributed by atoms with Gasteiger partial charge in [-0.25, -0.2) is 0 Å². The van der Waals surface area contributed by atoms with Gasteiger partial charge in [0.25, 0.3) is 0 Å². The fraction of sp³-hybridized carbons (Fsp3) is 0.231. The number of hydrogen-bond donors (Lipinski definition) is 0. The SMILES string of the molecule is Cc1ccc2c(C(F)(F)F)cc(C(F)(F)F)c-2cc1. The summed E-state index contributed by atoms with van der Waals surface area (Å²) >= 11 is 0. The number of alkyl halides is 6. The first-order chi connectivity index (χ1) is 8.60. The molecule has 0 saturated heterocycles. The van der Waals surface area contributed by atoms with E-state index in [4.69, 9.17) is 0 Å². The molecule has 0 aromatic heterocycles. The second kappa shape index (κ2) is 4.15. The standard InChI is InChI=1S/C13H8F6/c1-7-2-4-8-9(5-3-7)11(13(17,18)19)6-10(8)12(14,15)16/h2-6H,1H3. The van der Waals surface area contributed by atoms with E-state index in [2.05, 4.69) is 0 Å². The Morgan fingerprint density at radius 1 is 0.684 bits per heavy atom. The Bertz CT molecular complexity index is 530. The Labute approximate surface area is 105 Å². The van der Waals surface area contributed by atoms with Gasteiger partial charge in [0.05, 0.1) is 11.1 Å². The Hall–Kier alpha value is -1.72. The molecule has 0 bridgehead atoms. The van der Waals surface area contributed by atoms with Crippen molar-refractivity contribution in [1.82, 2.24) is 0 Å². The van der Waals surface area contributed by atoms with Crippen molar-refractivity contribution >= 4 is 0 Å². The topological polar surface area (TPSA) is 0 Å². The smallest absolute Gasteiger partial charge is 0.166 e. The zero-order chi connectivity index (χ0) is 14.4. The molecule has 102 valence electrons. The molecule has 19 heavy (non-hydrogen) atoms. The summed E-state index contributed by atoms with van der Waals surface area (Å²) in [7, 11) is 0. The molecular formula is C13H8F6. The largest absolute Gasteiger partial charge is 0.417 e. The van der Waals surface area contributed by atoms with E-state index in [1.807, 2.05) is 0 Å². The van der Waals surface area contributed by atoms with Crippen LogP contribution in [-0.2, 0) is 12.4 Å². The van der Waals surface area contributed by atoms with Gasteiger partial charge in [0, 0.05) is 0 Å². The maximum Gasteiger partial charge on any atom is 0.417 e. The van der Waals surface area contributed by atoms with Gasteiger partial charge in [-0.1, -0.05) is 29.8 Å². The number of fused-ring (bicyclic) bond motifs is 1. The lowest BCUT2D eigenvalue weighted by atomic mass is 10.1. The second-order valence-electron chi connectivity index (χ2n) is 4.21. The third-order valence-corrected chi connectivity index (χ3v) is 2.80. The first kappa shape index (κ1) is 13.7. The van der Waals surface area contributed by atoms with Crippen molar-refractivity contribution in [3.8, 4) is 11.1 Å². The van der Waals surface area contributed by atoms with E-state index in [0.717, 1.165) is 12.1 Å². The van der Waals surface area contributed by atoms with E-state index in [-0.39, 0.29) is 6.07 Å². The predicted octanol–water partition coefficient (Wildman–Crippen LogP) is 5.14. The molecule has 0 amide bonds. The van der Waals surface area contributed by atoms with Crippen LogP contribution in [0.4, 0.5) is 26.3 Å². The number of rotatable bonds is 0. The van der Waals surface area contributed by atoms with Crippen LogP contribution in [0, 0.1) is 6.92 Å². The molecule has 0 spiro atoms. The molecule has 2 aliphatic carbocycles. The summed E-state index contributed by atoms with van der Waals surface area (Å²) in [4.78, 5) is 0. The van der Waals surface area contributed by atoms with Gasteiger partial charge in [-0.15, -0.1) is 0 Å². The molecule has 0 atom stereocenters. The molecule has 0 saturated carbocycles. The van der Waals surface area contributed by atoms with Gasteiger partial charge in [-0.2, -0.15) is 26.3 Å². The minimum absolute atomic E-state index is 0.167. The van der Waals surface area contributed by atoms with Crippen LogP contribution in [0.1, 0.15) is 16.7 Å². The van der Waals surface area contributed by atoms with Gasteiger partial charge in [0.1, 0.15) is 0 Å². The summed E-state index contributed by atoms with van der Waals surface area (Å²) in [6.07, 6.45) is -9.63. The minimum Gasteiger partial charge on any atom is -0.166 e. The predicted molar refractivity (Wildman–Crippen MR) is 57.8 cm³/mol. The Morgan fingerprint density at radius 2 is 1.05 bits per heavy atom. The summed E-state index contributed by atoms with van der Waals surface area (Å²) in [6.45, 7) is 1.60. The van der Waals surface area contributed by atoms with Crippen molar-refractivity contribution in [1.29, 1.82) is 0 Å². The molecule has 2 rings (SSSR count). The van der Waals surface area contributed by atoms with Gasteiger partial charge >= 0.3 is 12.4 Å². The molecule has 0 N–H and O–H groups in total. The summed E-state index contributed by atoms with van der Waals surface area (Å²) in [5.74, 6) is 0. The lowest BCUT2D eigenvalue weighted by Crippen LogP contribution is -2.05. The highest BCUT2D eigenvalue weighted by Crippen LogP contribution is 2.46. The number of halogens is 6. The Kier molecular flexibility index (Phi) is 2.99. The molecule has 0 nitrogen and oxygen atoms in total. The van der Waals surface area contributed by atoms with Crippen LogP contribution in [0.15, 0.2) is 30.3 Å². The minimum atomic E-state index is -4.82. The van der Waals surface area contributed by atoms with E-state index < -0.39 is 34.6 Å². The van der Waals surface area contributed by atoms with Gasteiger partial charge < -0.3 is 0 Å². The lowest BCUT2D eigenvalue weighted by Gasteiger charge is -2.06. The van der Waals surface area contributed by atoms with E-state index in [9.17, 15) is 26.3 Å². The lowest BCUT2D eigenvalue weighted by molar-refractivity contribution is -0.140. The first-order valence-corrected chi connectivity index (χ1v) is 5.28. The molecule has 0 heterocycles. The zero-order valence-electron chi connectivity index (χ0n) is 9.65. The fourth-order valence-corrected chi connectivity index (χ4v) is 1.90. The van der Waals surface area contributed by atoms with Crippen LogP contribution in [0.25, 0.3) is 11.1 Å². The molecule has 0 aliphatic heterocycles. The van der Waals surface area contributed by atoms with Gasteiger partial charge in [-0.05, 0) is 24.1 Å². The van der Waals surface area contributed by atoms with Crippen LogP contribution in [0.3, 0.4) is 0 Å². The normalized spacial score (nSPS) is 13.0. The molecule has 2 aliphatic rings. The van der Waals surface area contributed by atoms with Gasteiger partial charge in [0.2, 0.25) is 0 Å². The van der Waals surface area contributed by atoms with E-state index in [0.29, 0.717) is 5.56 Å². The quantitative estimate of drug-likeness (QED) is 0.585. The number of hydrogen-bond acceptors (Lipinski definition) is 0. The van der Waals surface area contributed by atoms with Gasteiger partial charge in [0.15, 0.2) is 0 Å². The van der Waals surface area contributed by atoms with Gasteiger partial charge in [-0.3, -0.25) is 0 Å². The average molecular weight is 278 g/mol. The van der Waals surface area contributed by atoms with Crippen LogP contribution in [0.2, 0.25) is 0 Å².